The monoisotopic (exact) mass is 832 g/mol. The molecule has 0 saturated carbocycles. The van der Waals surface area contributed by atoms with Gasteiger partial charge in [-0.15, -0.1) is 5.10 Å². The summed E-state index contributed by atoms with van der Waals surface area (Å²) in [5.74, 6) is -0.177. The first-order valence-corrected chi connectivity index (χ1v) is 21.4. The van der Waals surface area contributed by atoms with E-state index in [4.69, 9.17) is 5.73 Å². The number of amides is 2. The number of carbonyl (C=O) groups is 2. The molecule has 4 atom stereocenters. The Kier molecular flexibility index (Phi) is 16.7. The molecule has 1 aliphatic heterocycles. The van der Waals surface area contributed by atoms with Crippen LogP contribution in [0.4, 0.5) is 24.7 Å². The zero-order valence-electron chi connectivity index (χ0n) is 35.7. The van der Waals surface area contributed by atoms with Crippen molar-refractivity contribution >= 4 is 34.1 Å². The van der Waals surface area contributed by atoms with Crippen LogP contribution in [-0.4, -0.2) is 89.5 Å². The second-order valence-electron chi connectivity index (χ2n) is 16.6. The molecule has 3 aromatic carbocycles. The SMILES string of the molecule is Cc1c([C@@H](C)Nc2nnc(C)c3ccc(N4CCN(CCCCCCCNC(=O)[C@H](CC(C)C)NC(=O)[C@@H](O)[C@H](N)Cc5ccccc5)CC4)cc23)cccc1C(F)(F)F. The molecule has 0 unspecified atom stereocenters. The highest BCUT2D eigenvalue weighted by atomic mass is 19.4. The zero-order valence-corrected chi connectivity index (χ0v) is 35.7. The fraction of sp³-hybridized carbons (Fsp3) is 0.522. The van der Waals surface area contributed by atoms with Crippen LogP contribution < -0.4 is 26.6 Å². The highest BCUT2D eigenvalue weighted by Crippen LogP contribution is 2.36. The van der Waals surface area contributed by atoms with Crippen LogP contribution in [0.25, 0.3) is 10.8 Å². The largest absolute Gasteiger partial charge is 0.416 e. The van der Waals surface area contributed by atoms with Gasteiger partial charge in [-0.2, -0.15) is 18.3 Å². The predicted octanol–water partition coefficient (Wildman–Crippen LogP) is 7.09. The van der Waals surface area contributed by atoms with Crippen molar-refractivity contribution in [3.8, 4) is 0 Å². The van der Waals surface area contributed by atoms with E-state index in [-0.39, 0.29) is 17.4 Å². The molecule has 0 aliphatic carbocycles. The minimum Gasteiger partial charge on any atom is -0.382 e. The van der Waals surface area contributed by atoms with Crippen molar-refractivity contribution in [3.63, 3.8) is 0 Å². The molecule has 60 heavy (non-hydrogen) atoms. The first-order valence-electron chi connectivity index (χ1n) is 21.4. The maximum atomic E-state index is 13.6. The Morgan fingerprint density at radius 1 is 0.850 bits per heavy atom. The van der Waals surface area contributed by atoms with Gasteiger partial charge in [0.25, 0.3) is 5.91 Å². The van der Waals surface area contributed by atoms with Crippen molar-refractivity contribution in [1.29, 1.82) is 0 Å². The number of nitrogens with zero attached hydrogens (tertiary/aromatic N) is 4. The molecule has 326 valence electrons. The van der Waals surface area contributed by atoms with Gasteiger partial charge >= 0.3 is 6.18 Å². The number of aliphatic hydroxyl groups excluding tert-OH is 1. The average molecular weight is 833 g/mol. The van der Waals surface area contributed by atoms with Crippen LogP contribution in [0, 0.1) is 19.8 Å². The first kappa shape index (κ1) is 46.3. The number of carbonyl (C=O) groups excluding carboxylic acids is 2. The lowest BCUT2D eigenvalue weighted by Gasteiger charge is -2.36. The third kappa shape index (κ3) is 12.9. The number of nitrogens with one attached hydrogen (secondary N) is 3. The third-order valence-corrected chi connectivity index (χ3v) is 11.5. The fourth-order valence-electron chi connectivity index (χ4n) is 8.00. The number of alkyl halides is 3. The molecule has 2 amide bonds. The van der Waals surface area contributed by atoms with Crippen molar-refractivity contribution in [2.45, 2.75) is 110 Å². The Labute approximate surface area is 352 Å². The minimum atomic E-state index is -4.42. The second kappa shape index (κ2) is 21.6. The van der Waals surface area contributed by atoms with E-state index in [1.165, 1.54) is 13.0 Å². The average Bonchev–Trinajstić information content (AvgIpc) is 3.22. The van der Waals surface area contributed by atoms with Gasteiger partial charge in [-0.25, -0.2) is 0 Å². The number of hydrogen-bond acceptors (Lipinski definition) is 9. The first-order chi connectivity index (χ1) is 28.6. The molecule has 1 fully saturated rings. The smallest absolute Gasteiger partial charge is 0.382 e. The number of hydrogen-bond donors (Lipinski definition) is 5. The van der Waals surface area contributed by atoms with Gasteiger partial charge in [-0.1, -0.05) is 81.6 Å². The van der Waals surface area contributed by atoms with Gasteiger partial charge in [-0.05, 0) is 93.8 Å². The van der Waals surface area contributed by atoms with Gasteiger partial charge in [0, 0.05) is 55.2 Å². The molecule has 4 aromatic rings. The Bertz CT molecular complexity index is 2010. The molecule has 0 bridgehead atoms. The number of aliphatic hydroxyl groups is 1. The lowest BCUT2D eigenvalue weighted by Crippen LogP contribution is -2.54. The molecule has 1 saturated heterocycles. The molecule has 1 aromatic heterocycles. The summed E-state index contributed by atoms with van der Waals surface area (Å²) < 4.78 is 40.9. The molecule has 11 nitrogen and oxygen atoms in total. The number of fused-ring (bicyclic) bond motifs is 1. The van der Waals surface area contributed by atoms with Crippen molar-refractivity contribution in [2.75, 3.05) is 49.5 Å². The van der Waals surface area contributed by atoms with Crippen LogP contribution in [-0.2, 0) is 22.2 Å². The Balaban J connectivity index is 1.02. The Hall–Kier alpha value is -4.79. The van der Waals surface area contributed by atoms with Crippen LogP contribution in [0.3, 0.4) is 0 Å². The summed E-state index contributed by atoms with van der Waals surface area (Å²) >= 11 is 0. The van der Waals surface area contributed by atoms with Gasteiger partial charge in [0.05, 0.1) is 17.3 Å². The number of nitrogens with two attached hydrogens (primary N) is 1. The van der Waals surface area contributed by atoms with Gasteiger partial charge < -0.3 is 31.7 Å². The van der Waals surface area contributed by atoms with Crippen LogP contribution in [0.1, 0.15) is 93.3 Å². The van der Waals surface area contributed by atoms with Gasteiger partial charge in [0.1, 0.15) is 12.1 Å². The predicted molar refractivity (Wildman–Crippen MR) is 233 cm³/mol. The van der Waals surface area contributed by atoms with E-state index in [0.717, 1.165) is 98.6 Å². The zero-order chi connectivity index (χ0) is 43.4. The number of piperazine rings is 1. The lowest BCUT2D eigenvalue weighted by atomic mass is 9.97. The van der Waals surface area contributed by atoms with E-state index in [9.17, 15) is 27.9 Å². The standard InChI is InChI=1S/C46H63F3N8O3/c1-30(2)27-41(53-45(60)42(58)40(50)28-34-15-10-9-11-16-34)44(59)51-21-12-7-6-8-13-22-56-23-25-57(26-24-56)35-19-20-37-33(5)54-55-43(38(37)29-35)52-32(4)36-17-14-18-39(31(36)3)46(47,48)49/h9-11,14-20,29-30,32,40-42,58H,6-8,12-13,21-28,50H2,1-5H3,(H,51,59)(H,52,55)(H,53,60)/t32-,40-,41+,42+/m1/s1. The molecule has 14 heteroatoms. The van der Waals surface area contributed by atoms with Crippen molar-refractivity contribution in [1.82, 2.24) is 25.7 Å². The van der Waals surface area contributed by atoms with Gasteiger partial charge in [0.15, 0.2) is 5.82 Å². The number of halogens is 3. The van der Waals surface area contributed by atoms with Crippen LogP contribution in [0.2, 0.25) is 0 Å². The fourth-order valence-corrected chi connectivity index (χ4v) is 8.00. The number of anilines is 2. The Morgan fingerprint density at radius 3 is 2.25 bits per heavy atom. The summed E-state index contributed by atoms with van der Waals surface area (Å²) in [5.41, 5.74) is 9.05. The molecule has 6 N–H and O–H groups in total. The highest BCUT2D eigenvalue weighted by Gasteiger charge is 2.33. The Morgan fingerprint density at radius 2 is 1.55 bits per heavy atom. The maximum Gasteiger partial charge on any atom is 0.416 e. The third-order valence-electron chi connectivity index (χ3n) is 11.5. The number of aryl methyl sites for hydroxylation is 1. The molecule has 0 radical (unpaired) electrons. The molecule has 0 spiro atoms. The molecular formula is C46H63F3N8O3. The summed E-state index contributed by atoms with van der Waals surface area (Å²) in [6, 6.07) is 18.0. The van der Waals surface area contributed by atoms with E-state index in [2.05, 4.69) is 54.1 Å². The van der Waals surface area contributed by atoms with E-state index in [1.807, 2.05) is 58.0 Å². The summed E-state index contributed by atoms with van der Waals surface area (Å²) in [6.45, 7) is 14.4. The second-order valence-corrected chi connectivity index (χ2v) is 16.6. The van der Waals surface area contributed by atoms with Gasteiger partial charge in [-0.3, -0.25) is 14.5 Å². The lowest BCUT2D eigenvalue weighted by molar-refractivity contribution is -0.138. The molecule has 1 aliphatic rings. The van der Waals surface area contributed by atoms with Gasteiger partial charge in [0.2, 0.25) is 5.91 Å². The highest BCUT2D eigenvalue weighted by molar-refractivity contribution is 5.95. The number of unbranched alkanes of at least 4 members (excludes halogenated alkanes) is 4. The van der Waals surface area contributed by atoms with E-state index in [0.29, 0.717) is 30.8 Å². The molecular weight excluding hydrogens is 770 g/mol. The van der Waals surface area contributed by atoms with Crippen molar-refractivity contribution in [2.24, 2.45) is 11.7 Å². The number of rotatable bonds is 20. The van der Waals surface area contributed by atoms with Crippen LogP contribution in [0.5, 0.6) is 0 Å². The van der Waals surface area contributed by atoms with Crippen LogP contribution >= 0.6 is 0 Å². The van der Waals surface area contributed by atoms with E-state index in [1.54, 1.807) is 6.07 Å². The van der Waals surface area contributed by atoms with Crippen molar-refractivity contribution < 1.29 is 27.9 Å². The van der Waals surface area contributed by atoms with Crippen molar-refractivity contribution in [3.05, 3.63) is 94.7 Å². The number of benzene rings is 3. The summed E-state index contributed by atoms with van der Waals surface area (Å²) in [7, 11) is 0. The summed E-state index contributed by atoms with van der Waals surface area (Å²) in [6.07, 6.45) is 0.0364. The summed E-state index contributed by atoms with van der Waals surface area (Å²) in [5, 5.41) is 30.3. The summed E-state index contributed by atoms with van der Waals surface area (Å²) in [4.78, 5) is 30.8. The van der Waals surface area contributed by atoms with E-state index >= 15 is 0 Å². The molecule has 5 rings (SSSR count). The number of aromatic nitrogens is 2. The van der Waals surface area contributed by atoms with Crippen LogP contribution in [0.15, 0.2) is 66.7 Å². The van der Waals surface area contributed by atoms with E-state index < -0.39 is 41.9 Å². The molecule has 2 heterocycles. The quantitative estimate of drug-likeness (QED) is 0.0589. The normalized spacial score (nSPS) is 15.8. The minimum absolute atomic E-state index is 0.165. The topological polar surface area (TPSA) is 149 Å². The maximum absolute atomic E-state index is 13.6.